The normalized spacial score (nSPS) is 11.6. The summed E-state index contributed by atoms with van der Waals surface area (Å²) in [7, 11) is 3.99. The average Bonchev–Trinajstić information content (AvgIpc) is 2.48. The second-order valence-corrected chi connectivity index (χ2v) is 4.53. The van der Waals surface area contributed by atoms with Crippen molar-refractivity contribution in [1.82, 2.24) is 5.32 Å². The summed E-state index contributed by atoms with van der Waals surface area (Å²) in [6.45, 7) is 1.36. The van der Waals surface area contributed by atoms with E-state index in [1.807, 2.05) is 24.3 Å². The number of benzene rings is 1. The van der Waals surface area contributed by atoms with Crippen LogP contribution in [0.5, 0.6) is 0 Å². The zero-order valence-electron chi connectivity index (χ0n) is 12.7. The van der Waals surface area contributed by atoms with Crippen molar-refractivity contribution in [2.75, 3.05) is 21.3 Å². The van der Waals surface area contributed by atoms with Gasteiger partial charge in [0.05, 0.1) is 7.11 Å². The summed E-state index contributed by atoms with van der Waals surface area (Å²) in [6.07, 6.45) is 0.358. The van der Waals surface area contributed by atoms with Crippen LogP contribution in [0.1, 0.15) is 12.5 Å². The number of methoxy groups -OCH3 is 1. The van der Waals surface area contributed by atoms with Gasteiger partial charge in [0.25, 0.3) is 0 Å². The summed E-state index contributed by atoms with van der Waals surface area (Å²) < 4.78 is 15.0. The molecule has 0 bridgehead atoms. The molecule has 21 heavy (non-hydrogen) atoms. The molecule has 1 amide bonds. The molecule has 0 spiro atoms. The predicted molar refractivity (Wildman–Crippen MR) is 79.2 cm³/mol. The highest BCUT2D eigenvalue weighted by atomic mass is 16.6. The molecule has 0 radical (unpaired) electrons. The maximum absolute atomic E-state index is 11.6. The molecule has 0 saturated heterocycles. The van der Waals surface area contributed by atoms with E-state index in [2.05, 4.69) is 10.1 Å². The van der Waals surface area contributed by atoms with Crippen LogP contribution in [0.25, 0.3) is 0 Å². The third kappa shape index (κ3) is 5.20. The Morgan fingerprint density at radius 2 is 1.71 bits per heavy atom. The molecular formula is C14H20BNO5. The smallest absolute Gasteiger partial charge is 0.467 e. The van der Waals surface area contributed by atoms with E-state index in [4.69, 9.17) is 9.31 Å². The van der Waals surface area contributed by atoms with E-state index in [-0.39, 0.29) is 5.91 Å². The minimum absolute atomic E-state index is 0.277. The number of amides is 1. The van der Waals surface area contributed by atoms with Gasteiger partial charge in [-0.15, -0.1) is 0 Å². The molecule has 0 saturated carbocycles. The van der Waals surface area contributed by atoms with Crippen LogP contribution in [0.2, 0.25) is 0 Å². The number of carbonyl (C=O) groups is 2. The first-order valence-electron chi connectivity index (χ1n) is 6.51. The minimum Gasteiger partial charge on any atom is -0.467 e. The minimum atomic E-state index is -0.695. The van der Waals surface area contributed by atoms with E-state index in [1.54, 1.807) is 14.2 Å². The lowest BCUT2D eigenvalue weighted by Gasteiger charge is -2.16. The van der Waals surface area contributed by atoms with Crippen molar-refractivity contribution in [3.63, 3.8) is 0 Å². The quantitative estimate of drug-likeness (QED) is 0.561. The molecule has 7 heteroatoms. The van der Waals surface area contributed by atoms with Crippen molar-refractivity contribution >= 4 is 24.5 Å². The maximum atomic E-state index is 11.6. The van der Waals surface area contributed by atoms with Crippen molar-refractivity contribution in [3.05, 3.63) is 29.8 Å². The fraction of sp³-hybridized carbons (Fsp3) is 0.429. The Labute approximate surface area is 124 Å². The molecule has 0 aliphatic carbocycles. The molecule has 0 fully saturated rings. The Balaban J connectivity index is 2.80. The first-order valence-corrected chi connectivity index (χ1v) is 6.51. The second-order valence-electron chi connectivity index (χ2n) is 4.53. The Kier molecular flexibility index (Phi) is 6.91. The fourth-order valence-corrected chi connectivity index (χ4v) is 2.00. The van der Waals surface area contributed by atoms with Crippen LogP contribution >= 0.6 is 0 Å². The molecule has 1 aromatic carbocycles. The molecule has 0 aliphatic heterocycles. The van der Waals surface area contributed by atoms with E-state index < -0.39 is 19.1 Å². The molecule has 1 N–H and O–H groups in total. The zero-order chi connectivity index (χ0) is 15.8. The van der Waals surface area contributed by atoms with Gasteiger partial charge in [0, 0.05) is 27.6 Å². The number of ether oxygens (including phenoxy) is 1. The number of carbonyl (C=O) groups excluding carboxylic acids is 2. The van der Waals surface area contributed by atoms with Crippen molar-refractivity contribution < 1.29 is 23.6 Å². The lowest BCUT2D eigenvalue weighted by molar-refractivity contribution is -0.144. The summed E-state index contributed by atoms with van der Waals surface area (Å²) >= 11 is 0. The largest absolute Gasteiger partial charge is 0.493 e. The molecule has 1 rings (SSSR count). The van der Waals surface area contributed by atoms with Crippen molar-refractivity contribution in [3.8, 4) is 0 Å². The summed E-state index contributed by atoms with van der Waals surface area (Å²) in [4.78, 5) is 22.8. The molecule has 6 nitrogen and oxygen atoms in total. The SMILES string of the molecule is COB(OC)c1ccc(C[C@H](NC(C)=O)C(=O)OC)cc1. The highest BCUT2D eigenvalue weighted by Crippen LogP contribution is 2.05. The maximum Gasteiger partial charge on any atom is 0.493 e. The summed E-state index contributed by atoms with van der Waals surface area (Å²) in [5, 5.41) is 2.58. The third-order valence-corrected chi connectivity index (χ3v) is 2.98. The fourth-order valence-electron chi connectivity index (χ4n) is 2.00. The summed E-state index contributed by atoms with van der Waals surface area (Å²) in [5.41, 5.74) is 1.77. The molecular weight excluding hydrogens is 273 g/mol. The molecule has 1 atom stereocenters. The molecule has 114 valence electrons. The highest BCUT2D eigenvalue weighted by Gasteiger charge is 2.21. The predicted octanol–water partition coefficient (Wildman–Crippen LogP) is -0.105. The van der Waals surface area contributed by atoms with Gasteiger partial charge in [0.15, 0.2) is 0 Å². The van der Waals surface area contributed by atoms with Crippen LogP contribution in [0, 0.1) is 0 Å². The van der Waals surface area contributed by atoms with E-state index in [1.165, 1.54) is 14.0 Å². The van der Waals surface area contributed by atoms with Gasteiger partial charge < -0.3 is 19.4 Å². The van der Waals surface area contributed by atoms with E-state index in [0.717, 1.165) is 11.0 Å². The summed E-state index contributed by atoms with van der Waals surface area (Å²) in [5.74, 6) is -0.748. The molecule has 0 aromatic heterocycles. The van der Waals surface area contributed by atoms with E-state index >= 15 is 0 Å². The van der Waals surface area contributed by atoms with Gasteiger partial charge in [-0.25, -0.2) is 4.79 Å². The molecule has 1 aromatic rings. The van der Waals surface area contributed by atoms with E-state index in [9.17, 15) is 9.59 Å². The summed E-state index contributed by atoms with van der Waals surface area (Å²) in [6, 6.07) is 6.74. The van der Waals surface area contributed by atoms with Gasteiger partial charge in [0.2, 0.25) is 5.91 Å². The Hall–Kier alpha value is -1.86. The standard InChI is InChI=1S/C14H20BNO5/c1-10(17)16-13(14(18)19-2)9-11-5-7-12(8-6-11)15(20-3)21-4/h5-8,13H,9H2,1-4H3,(H,16,17)/t13-/m0/s1. The van der Waals surface area contributed by atoms with Crippen LogP contribution in [0.3, 0.4) is 0 Å². The Bertz CT molecular complexity index is 473. The third-order valence-electron chi connectivity index (χ3n) is 2.98. The molecule has 0 aliphatic rings. The zero-order valence-corrected chi connectivity index (χ0v) is 12.7. The van der Waals surface area contributed by atoms with Crippen LogP contribution in [0.15, 0.2) is 24.3 Å². The van der Waals surface area contributed by atoms with E-state index in [0.29, 0.717) is 6.42 Å². The second kappa shape index (κ2) is 8.44. The van der Waals surface area contributed by atoms with Gasteiger partial charge in [-0.3, -0.25) is 4.79 Å². The van der Waals surface area contributed by atoms with Crippen LogP contribution in [0.4, 0.5) is 0 Å². The number of nitrogens with one attached hydrogen (secondary N) is 1. The topological polar surface area (TPSA) is 73.9 Å². The highest BCUT2D eigenvalue weighted by molar-refractivity contribution is 6.61. The number of hydrogen-bond acceptors (Lipinski definition) is 5. The first-order chi connectivity index (χ1) is 10.0. The monoisotopic (exact) mass is 293 g/mol. The van der Waals surface area contributed by atoms with Gasteiger partial charge in [-0.1, -0.05) is 24.3 Å². The number of esters is 1. The van der Waals surface area contributed by atoms with Crippen LogP contribution in [-0.2, 0) is 30.1 Å². The van der Waals surface area contributed by atoms with Crippen molar-refractivity contribution in [2.24, 2.45) is 0 Å². The molecule has 0 unspecified atom stereocenters. The first kappa shape index (κ1) is 17.2. The van der Waals surface area contributed by atoms with Gasteiger partial charge in [-0.05, 0) is 11.0 Å². The average molecular weight is 293 g/mol. The van der Waals surface area contributed by atoms with Crippen molar-refractivity contribution in [1.29, 1.82) is 0 Å². The van der Waals surface area contributed by atoms with Gasteiger partial charge in [0.1, 0.15) is 6.04 Å². The number of rotatable bonds is 7. The Morgan fingerprint density at radius 1 is 1.14 bits per heavy atom. The van der Waals surface area contributed by atoms with Gasteiger partial charge in [-0.2, -0.15) is 0 Å². The van der Waals surface area contributed by atoms with Crippen molar-refractivity contribution in [2.45, 2.75) is 19.4 Å². The van der Waals surface area contributed by atoms with Gasteiger partial charge >= 0.3 is 13.1 Å². The Morgan fingerprint density at radius 3 is 2.14 bits per heavy atom. The number of hydrogen-bond donors (Lipinski definition) is 1. The lowest BCUT2D eigenvalue weighted by atomic mass is 9.78. The lowest BCUT2D eigenvalue weighted by Crippen LogP contribution is -2.42. The molecule has 0 heterocycles. The van der Waals surface area contributed by atoms with Crippen LogP contribution < -0.4 is 10.8 Å². The van der Waals surface area contributed by atoms with Crippen LogP contribution in [-0.4, -0.2) is 46.4 Å².